The van der Waals surface area contributed by atoms with Gasteiger partial charge in [-0.25, -0.2) is 23.4 Å². The van der Waals surface area contributed by atoms with Crippen LogP contribution in [-0.2, 0) is 16.6 Å². The molecule has 0 saturated heterocycles. The summed E-state index contributed by atoms with van der Waals surface area (Å²) in [5.74, 6) is 0.137. The summed E-state index contributed by atoms with van der Waals surface area (Å²) < 4.78 is 27.5. The zero-order valence-electron chi connectivity index (χ0n) is 21.8. The molecule has 2 aromatic carbocycles. The Morgan fingerprint density at radius 3 is 2.50 bits per heavy atom. The van der Waals surface area contributed by atoms with Gasteiger partial charge in [-0.05, 0) is 44.5 Å². The molecular weight excluding hydrogens is 502 g/mol. The van der Waals surface area contributed by atoms with Crippen LogP contribution in [0.15, 0.2) is 65.8 Å². The monoisotopic (exact) mass is 533 g/mol. The second-order valence-corrected chi connectivity index (χ2v) is 11.3. The van der Waals surface area contributed by atoms with Crippen molar-refractivity contribution in [1.29, 1.82) is 0 Å². The average molecular weight is 534 g/mol. The lowest BCUT2D eigenvalue weighted by atomic mass is 10.1. The van der Waals surface area contributed by atoms with Crippen LogP contribution in [-0.4, -0.2) is 53.2 Å². The lowest BCUT2D eigenvalue weighted by molar-refractivity contribution is 0.0946. The van der Waals surface area contributed by atoms with Gasteiger partial charge >= 0.3 is 0 Å². The Kier molecular flexibility index (Phi) is 7.88. The Labute approximate surface area is 222 Å². The first-order valence-corrected chi connectivity index (χ1v) is 13.5. The maximum absolute atomic E-state index is 13.1. The molecule has 10 nitrogen and oxygen atoms in total. The SMILES string of the molecule is Cc1ccc(S(=O)(=O)N(C)CC(C)Nc2nc3c(C)cccc3cc2CNC(=O)c2nccnc2N)cc1. The molecule has 1 unspecified atom stereocenters. The Hall–Kier alpha value is -4.09. The van der Waals surface area contributed by atoms with E-state index in [9.17, 15) is 13.2 Å². The summed E-state index contributed by atoms with van der Waals surface area (Å²) in [6.07, 6.45) is 2.82. The third-order valence-electron chi connectivity index (χ3n) is 6.15. The number of amides is 1. The number of rotatable bonds is 9. The van der Waals surface area contributed by atoms with Crippen molar-refractivity contribution in [1.82, 2.24) is 24.6 Å². The second kappa shape index (κ2) is 11.1. The lowest BCUT2D eigenvalue weighted by Crippen LogP contribution is -2.37. The molecule has 4 aromatic rings. The third-order valence-corrected chi connectivity index (χ3v) is 7.99. The highest BCUT2D eigenvalue weighted by Crippen LogP contribution is 2.24. The summed E-state index contributed by atoms with van der Waals surface area (Å²) in [6, 6.07) is 14.3. The van der Waals surface area contributed by atoms with Gasteiger partial charge in [0.1, 0.15) is 5.82 Å². The molecule has 0 bridgehead atoms. The topological polar surface area (TPSA) is 143 Å². The molecule has 1 atom stereocenters. The molecule has 2 aromatic heterocycles. The summed E-state index contributed by atoms with van der Waals surface area (Å²) in [7, 11) is -2.11. The number of carbonyl (C=O) groups is 1. The molecule has 0 aliphatic rings. The van der Waals surface area contributed by atoms with Crippen molar-refractivity contribution in [3.63, 3.8) is 0 Å². The van der Waals surface area contributed by atoms with Gasteiger partial charge in [0, 0.05) is 49.5 Å². The number of benzene rings is 2. The molecule has 2 heterocycles. The molecule has 38 heavy (non-hydrogen) atoms. The molecule has 0 saturated carbocycles. The van der Waals surface area contributed by atoms with Gasteiger partial charge in [0.05, 0.1) is 10.4 Å². The van der Waals surface area contributed by atoms with E-state index in [2.05, 4.69) is 20.6 Å². The molecule has 198 valence electrons. The van der Waals surface area contributed by atoms with Gasteiger partial charge in [0.25, 0.3) is 5.91 Å². The average Bonchev–Trinajstić information content (AvgIpc) is 2.88. The Morgan fingerprint density at radius 1 is 1.08 bits per heavy atom. The van der Waals surface area contributed by atoms with Gasteiger partial charge in [-0.3, -0.25) is 4.79 Å². The minimum absolute atomic E-state index is 0.0436. The molecule has 0 aliphatic carbocycles. The minimum atomic E-state index is -3.66. The van der Waals surface area contributed by atoms with Gasteiger partial charge < -0.3 is 16.4 Å². The number of hydrogen-bond acceptors (Lipinski definition) is 8. The van der Waals surface area contributed by atoms with Gasteiger partial charge in [-0.1, -0.05) is 35.9 Å². The number of nitrogen functional groups attached to an aromatic ring is 1. The number of aromatic nitrogens is 3. The van der Waals surface area contributed by atoms with Crippen LogP contribution < -0.4 is 16.4 Å². The number of nitrogens with two attached hydrogens (primary N) is 1. The fourth-order valence-corrected chi connectivity index (χ4v) is 5.35. The van der Waals surface area contributed by atoms with Crippen LogP contribution in [0.1, 0.15) is 34.1 Å². The Morgan fingerprint density at radius 2 is 1.79 bits per heavy atom. The van der Waals surface area contributed by atoms with E-state index in [0.29, 0.717) is 5.82 Å². The minimum Gasteiger partial charge on any atom is -0.382 e. The summed E-state index contributed by atoms with van der Waals surface area (Å²) in [5.41, 5.74) is 9.37. The number of anilines is 2. The van der Waals surface area contributed by atoms with Crippen molar-refractivity contribution in [2.45, 2.75) is 38.3 Å². The fourth-order valence-electron chi connectivity index (χ4n) is 4.09. The Bertz CT molecular complexity index is 1570. The van der Waals surface area contributed by atoms with Gasteiger partial charge in [-0.2, -0.15) is 4.31 Å². The number of sulfonamides is 1. The number of para-hydroxylation sites is 1. The van der Waals surface area contributed by atoms with Crippen LogP contribution >= 0.6 is 0 Å². The van der Waals surface area contributed by atoms with Crippen molar-refractivity contribution < 1.29 is 13.2 Å². The van der Waals surface area contributed by atoms with E-state index in [-0.39, 0.29) is 35.5 Å². The first-order valence-electron chi connectivity index (χ1n) is 12.1. The number of likely N-dealkylation sites (N-methyl/N-ethyl adjacent to an activating group) is 1. The number of fused-ring (bicyclic) bond motifs is 1. The van der Waals surface area contributed by atoms with Crippen LogP contribution in [0.2, 0.25) is 0 Å². The molecule has 0 fully saturated rings. The standard InChI is InChI=1S/C27H31N7O3S/c1-17-8-10-22(11-9-17)38(36,37)34(4)16-19(3)32-26-21(14-20-7-5-6-18(2)23(20)33-26)15-31-27(35)24-25(28)30-13-12-29-24/h5-14,19H,15-16H2,1-4H3,(H2,28,30)(H,31,35)(H,32,33). The highest BCUT2D eigenvalue weighted by molar-refractivity contribution is 7.89. The van der Waals surface area contributed by atoms with Crippen molar-refractivity contribution in [2.24, 2.45) is 0 Å². The predicted octanol–water partition coefficient (Wildman–Crippen LogP) is 3.27. The number of nitrogens with zero attached hydrogens (tertiary/aromatic N) is 4. The molecule has 0 radical (unpaired) electrons. The summed E-state index contributed by atoms with van der Waals surface area (Å²) in [5, 5.41) is 7.10. The number of pyridine rings is 1. The first kappa shape index (κ1) is 27.0. The normalized spacial score (nSPS) is 12.4. The van der Waals surface area contributed by atoms with Crippen LogP contribution in [0.25, 0.3) is 10.9 Å². The van der Waals surface area contributed by atoms with Crippen LogP contribution in [0, 0.1) is 13.8 Å². The molecule has 4 rings (SSSR count). The highest BCUT2D eigenvalue weighted by Gasteiger charge is 2.23. The number of carbonyl (C=O) groups excluding carboxylic acids is 1. The van der Waals surface area contributed by atoms with Gasteiger partial charge in [-0.15, -0.1) is 0 Å². The smallest absolute Gasteiger partial charge is 0.273 e. The molecule has 0 spiro atoms. The molecule has 1 amide bonds. The van der Waals surface area contributed by atoms with E-state index in [0.717, 1.165) is 27.6 Å². The van der Waals surface area contributed by atoms with Crippen molar-refractivity contribution in [3.05, 3.63) is 83.3 Å². The van der Waals surface area contributed by atoms with Crippen molar-refractivity contribution >= 4 is 38.5 Å². The molecular formula is C27H31N7O3S. The largest absolute Gasteiger partial charge is 0.382 e. The zero-order valence-corrected chi connectivity index (χ0v) is 22.6. The maximum atomic E-state index is 13.1. The van der Waals surface area contributed by atoms with E-state index in [1.807, 2.05) is 45.0 Å². The van der Waals surface area contributed by atoms with E-state index >= 15 is 0 Å². The second-order valence-electron chi connectivity index (χ2n) is 9.26. The van der Waals surface area contributed by atoms with E-state index in [1.54, 1.807) is 31.3 Å². The first-order chi connectivity index (χ1) is 18.1. The third kappa shape index (κ3) is 5.90. The summed E-state index contributed by atoms with van der Waals surface area (Å²) in [6.45, 7) is 6.12. The van der Waals surface area contributed by atoms with E-state index < -0.39 is 15.9 Å². The molecule has 4 N–H and O–H groups in total. The van der Waals surface area contributed by atoms with E-state index in [4.69, 9.17) is 10.7 Å². The van der Waals surface area contributed by atoms with Crippen LogP contribution in [0.3, 0.4) is 0 Å². The zero-order chi connectivity index (χ0) is 27.4. The number of aryl methyl sites for hydroxylation is 2. The van der Waals surface area contributed by atoms with Gasteiger partial charge in [0.2, 0.25) is 10.0 Å². The number of hydrogen-bond donors (Lipinski definition) is 3. The van der Waals surface area contributed by atoms with Crippen molar-refractivity contribution in [2.75, 3.05) is 24.6 Å². The summed E-state index contributed by atoms with van der Waals surface area (Å²) >= 11 is 0. The quantitative estimate of drug-likeness (QED) is 0.297. The Balaban J connectivity index is 1.56. The predicted molar refractivity (Wildman–Crippen MR) is 148 cm³/mol. The fraction of sp³-hybridized carbons (Fsp3) is 0.259. The lowest BCUT2D eigenvalue weighted by Gasteiger charge is -2.24. The van der Waals surface area contributed by atoms with Gasteiger partial charge in [0.15, 0.2) is 11.5 Å². The summed E-state index contributed by atoms with van der Waals surface area (Å²) in [4.78, 5) is 25.7. The molecule has 11 heteroatoms. The van der Waals surface area contributed by atoms with Crippen LogP contribution in [0.4, 0.5) is 11.6 Å². The highest BCUT2D eigenvalue weighted by atomic mass is 32.2. The number of nitrogens with one attached hydrogen (secondary N) is 2. The molecule has 0 aliphatic heterocycles. The van der Waals surface area contributed by atoms with E-state index in [1.165, 1.54) is 16.7 Å². The van der Waals surface area contributed by atoms with Crippen molar-refractivity contribution in [3.8, 4) is 0 Å². The van der Waals surface area contributed by atoms with Crippen LogP contribution in [0.5, 0.6) is 0 Å². The maximum Gasteiger partial charge on any atom is 0.273 e.